The van der Waals surface area contributed by atoms with E-state index in [1.165, 1.54) is 18.0 Å². The Morgan fingerprint density at radius 3 is 2.36 bits per heavy atom. The number of hydrogen-bond acceptors (Lipinski definition) is 2. The minimum atomic E-state index is -1.06. The first-order valence-corrected chi connectivity index (χ1v) is 7.96. The molecule has 0 spiro atoms. The van der Waals surface area contributed by atoms with Gasteiger partial charge in [-0.05, 0) is 31.5 Å². The van der Waals surface area contributed by atoms with Crippen molar-refractivity contribution in [3.8, 4) is 0 Å². The maximum Gasteiger partial charge on any atom is 0.243 e. The number of carbonyl (C=O) groups excluding carboxylic acids is 2. The Bertz CT molecular complexity index is 635. The third-order valence-electron chi connectivity index (χ3n) is 3.66. The Balaban J connectivity index is 1.94. The van der Waals surface area contributed by atoms with Crippen LogP contribution in [0.5, 0.6) is 0 Å². The van der Waals surface area contributed by atoms with Gasteiger partial charge in [-0.25, -0.2) is 0 Å². The summed E-state index contributed by atoms with van der Waals surface area (Å²) < 4.78 is -1.06. The molecule has 1 saturated carbocycles. The number of benzene rings is 1. The summed E-state index contributed by atoms with van der Waals surface area (Å²) >= 11 is 23.6. The van der Waals surface area contributed by atoms with Crippen molar-refractivity contribution in [2.45, 2.75) is 17.7 Å². The third-order valence-corrected chi connectivity index (χ3v) is 5.50. The van der Waals surface area contributed by atoms with Crippen LogP contribution in [0, 0.1) is 5.41 Å². The fourth-order valence-electron chi connectivity index (χ4n) is 2.11. The molecule has 1 aromatic rings. The Labute approximate surface area is 148 Å². The zero-order chi connectivity index (χ0) is 16.7. The van der Waals surface area contributed by atoms with Crippen molar-refractivity contribution in [1.29, 1.82) is 0 Å². The molecular weight excluding hydrogens is 370 g/mol. The lowest BCUT2D eigenvalue weighted by atomic mass is 10.1. The van der Waals surface area contributed by atoms with Crippen LogP contribution >= 0.6 is 46.4 Å². The van der Waals surface area contributed by atoms with E-state index >= 15 is 0 Å². The molecule has 0 aliphatic heterocycles. The molecule has 0 saturated heterocycles. The lowest BCUT2D eigenvalue weighted by Gasteiger charge is -2.21. The second-order valence-corrected chi connectivity index (χ2v) is 7.85. The average molecular weight is 384 g/mol. The first kappa shape index (κ1) is 17.7. The maximum atomic E-state index is 12.3. The highest BCUT2D eigenvalue weighted by Gasteiger charge is 2.68. The van der Waals surface area contributed by atoms with Crippen LogP contribution in [0.3, 0.4) is 0 Å². The summed E-state index contributed by atoms with van der Waals surface area (Å²) in [6.45, 7) is 1.57. The van der Waals surface area contributed by atoms with Gasteiger partial charge in [-0.1, -0.05) is 23.2 Å². The van der Waals surface area contributed by atoms with E-state index in [1.807, 2.05) is 0 Å². The molecule has 8 heteroatoms. The van der Waals surface area contributed by atoms with Crippen LogP contribution in [0.4, 0.5) is 5.69 Å². The molecule has 0 radical (unpaired) electrons. The van der Waals surface area contributed by atoms with Crippen LogP contribution in [0.25, 0.3) is 0 Å². The summed E-state index contributed by atoms with van der Waals surface area (Å²) in [5.74, 6) is -0.616. The van der Waals surface area contributed by atoms with E-state index in [2.05, 4.69) is 5.32 Å². The van der Waals surface area contributed by atoms with Gasteiger partial charge in [-0.2, -0.15) is 0 Å². The van der Waals surface area contributed by atoms with E-state index in [0.717, 1.165) is 0 Å². The molecule has 4 nitrogen and oxygen atoms in total. The molecule has 1 N–H and O–H groups in total. The molecule has 0 heterocycles. The van der Waals surface area contributed by atoms with E-state index in [-0.39, 0.29) is 18.4 Å². The summed E-state index contributed by atoms with van der Waals surface area (Å²) in [6, 6.07) is 4.74. The predicted octanol–water partition coefficient (Wildman–Crippen LogP) is 3.97. The summed E-state index contributed by atoms with van der Waals surface area (Å²) in [4.78, 5) is 25.6. The van der Waals surface area contributed by atoms with Crippen molar-refractivity contribution in [3.63, 3.8) is 0 Å². The molecule has 1 unspecified atom stereocenters. The van der Waals surface area contributed by atoms with Gasteiger partial charge in [0, 0.05) is 12.7 Å². The summed E-state index contributed by atoms with van der Waals surface area (Å²) in [5.41, 5.74) is -0.337. The van der Waals surface area contributed by atoms with Crippen molar-refractivity contribution >= 4 is 63.9 Å². The van der Waals surface area contributed by atoms with Crippen molar-refractivity contribution < 1.29 is 9.59 Å². The van der Waals surface area contributed by atoms with Gasteiger partial charge in [0.1, 0.15) is 4.33 Å². The molecule has 2 rings (SSSR count). The van der Waals surface area contributed by atoms with Gasteiger partial charge in [0.15, 0.2) is 0 Å². The SMILES string of the molecule is CN(CC(=O)Nc1ccc(Cl)c(Cl)c1)C(=O)C1(C)CC1(Cl)Cl. The fourth-order valence-corrected chi connectivity index (χ4v) is 3.11. The molecular formula is C14H14Cl4N2O2. The van der Waals surface area contributed by atoms with Gasteiger partial charge in [-0.3, -0.25) is 9.59 Å². The highest BCUT2D eigenvalue weighted by Crippen LogP contribution is 2.64. The van der Waals surface area contributed by atoms with Crippen molar-refractivity contribution in [3.05, 3.63) is 28.2 Å². The number of nitrogens with zero attached hydrogens (tertiary/aromatic N) is 1. The standard InChI is InChI=1S/C14H14Cl4N2O2/c1-13(7-14(13,17)18)12(22)20(2)6-11(21)19-8-3-4-9(15)10(16)5-8/h3-5H,6-7H2,1-2H3,(H,19,21). The van der Waals surface area contributed by atoms with Gasteiger partial charge < -0.3 is 10.2 Å². The van der Waals surface area contributed by atoms with Crippen LogP contribution in [0.2, 0.25) is 10.0 Å². The Morgan fingerprint density at radius 2 is 1.86 bits per heavy atom. The molecule has 2 amide bonds. The van der Waals surface area contributed by atoms with Crippen LogP contribution in [-0.2, 0) is 9.59 Å². The smallest absolute Gasteiger partial charge is 0.243 e. The lowest BCUT2D eigenvalue weighted by molar-refractivity contribution is -0.137. The molecule has 22 heavy (non-hydrogen) atoms. The number of halogens is 4. The number of alkyl halides is 2. The van der Waals surface area contributed by atoms with Crippen molar-refractivity contribution in [1.82, 2.24) is 4.90 Å². The second-order valence-electron chi connectivity index (χ2n) is 5.55. The van der Waals surface area contributed by atoms with E-state index in [9.17, 15) is 9.59 Å². The van der Waals surface area contributed by atoms with E-state index in [4.69, 9.17) is 46.4 Å². The number of likely N-dealkylation sites (N-methyl/N-ethyl adjacent to an activating group) is 1. The monoisotopic (exact) mass is 382 g/mol. The Hall–Kier alpha value is -0.680. The summed E-state index contributed by atoms with van der Waals surface area (Å²) in [7, 11) is 1.53. The van der Waals surface area contributed by atoms with E-state index in [1.54, 1.807) is 19.1 Å². The van der Waals surface area contributed by atoms with Gasteiger partial charge in [0.2, 0.25) is 11.8 Å². The van der Waals surface area contributed by atoms with Crippen LogP contribution in [0.1, 0.15) is 13.3 Å². The van der Waals surface area contributed by atoms with Crippen LogP contribution in [0.15, 0.2) is 18.2 Å². The number of hydrogen-bond donors (Lipinski definition) is 1. The highest BCUT2D eigenvalue weighted by atomic mass is 35.5. The molecule has 1 atom stereocenters. The van der Waals surface area contributed by atoms with E-state index in [0.29, 0.717) is 22.2 Å². The second kappa shape index (κ2) is 6.08. The van der Waals surface area contributed by atoms with Crippen LogP contribution in [-0.4, -0.2) is 34.6 Å². The van der Waals surface area contributed by atoms with Crippen LogP contribution < -0.4 is 5.32 Å². The first-order chi connectivity index (χ1) is 10.1. The number of anilines is 1. The summed E-state index contributed by atoms with van der Waals surface area (Å²) in [5, 5.41) is 3.38. The van der Waals surface area contributed by atoms with Gasteiger partial charge >= 0.3 is 0 Å². The third kappa shape index (κ3) is 3.46. The molecule has 120 valence electrons. The number of carbonyl (C=O) groups is 2. The van der Waals surface area contributed by atoms with Crippen molar-refractivity contribution in [2.75, 3.05) is 18.9 Å². The first-order valence-electron chi connectivity index (χ1n) is 6.45. The zero-order valence-electron chi connectivity index (χ0n) is 11.9. The molecule has 1 aromatic carbocycles. The average Bonchev–Trinajstić information content (AvgIpc) is 2.93. The maximum absolute atomic E-state index is 12.3. The Morgan fingerprint density at radius 1 is 1.27 bits per heavy atom. The molecule has 1 aliphatic carbocycles. The minimum absolute atomic E-state index is 0.113. The van der Waals surface area contributed by atoms with Gasteiger partial charge in [-0.15, -0.1) is 23.2 Å². The largest absolute Gasteiger partial charge is 0.336 e. The fraction of sp³-hybridized carbons (Fsp3) is 0.429. The van der Waals surface area contributed by atoms with Gasteiger partial charge in [0.25, 0.3) is 0 Å². The number of amides is 2. The van der Waals surface area contributed by atoms with Gasteiger partial charge in [0.05, 0.1) is 22.0 Å². The minimum Gasteiger partial charge on any atom is -0.336 e. The highest BCUT2D eigenvalue weighted by molar-refractivity contribution is 6.53. The molecule has 0 bridgehead atoms. The predicted molar refractivity (Wildman–Crippen MR) is 89.9 cm³/mol. The number of rotatable bonds is 4. The zero-order valence-corrected chi connectivity index (χ0v) is 14.9. The topological polar surface area (TPSA) is 49.4 Å². The lowest BCUT2D eigenvalue weighted by Crippen LogP contribution is -2.40. The molecule has 1 fully saturated rings. The van der Waals surface area contributed by atoms with E-state index < -0.39 is 9.75 Å². The van der Waals surface area contributed by atoms with Crippen molar-refractivity contribution in [2.24, 2.45) is 5.41 Å². The molecule has 0 aromatic heterocycles. The Kier molecular flexibility index (Phi) is 4.88. The molecule has 1 aliphatic rings. The number of nitrogens with one attached hydrogen (secondary N) is 1. The summed E-state index contributed by atoms with van der Waals surface area (Å²) in [6.07, 6.45) is 0.376. The quantitative estimate of drug-likeness (QED) is 0.799. The normalized spacial score (nSPS) is 22.1.